The van der Waals surface area contributed by atoms with Gasteiger partial charge in [0.05, 0.1) is 5.75 Å². The van der Waals surface area contributed by atoms with Crippen molar-refractivity contribution in [1.82, 2.24) is 15.4 Å². The van der Waals surface area contributed by atoms with Gasteiger partial charge < -0.3 is 8.94 Å². The lowest BCUT2D eigenvalue weighted by Gasteiger charge is -1.98. The van der Waals surface area contributed by atoms with Crippen molar-refractivity contribution in [2.45, 2.75) is 12.1 Å². The predicted molar refractivity (Wildman–Crippen MR) is 113 cm³/mol. The van der Waals surface area contributed by atoms with E-state index < -0.39 is 0 Å². The number of carbonyl (C=O) groups excluding carboxylic acids is 1. The quantitative estimate of drug-likeness (QED) is 0.387. The van der Waals surface area contributed by atoms with Gasteiger partial charge in [0.25, 0.3) is 5.22 Å². The molecule has 4 aromatic rings. The molecule has 0 aliphatic heterocycles. The first-order chi connectivity index (χ1) is 14.1. The highest BCUT2D eigenvalue weighted by molar-refractivity contribution is 9.10. The summed E-state index contributed by atoms with van der Waals surface area (Å²) in [6, 6.07) is 17.1. The number of nitrogens with one attached hydrogen (secondary N) is 1. The number of rotatable bonds is 6. The molecule has 0 saturated carbocycles. The number of hydrogen-bond donors (Lipinski definition) is 1. The van der Waals surface area contributed by atoms with E-state index in [1.807, 2.05) is 55.5 Å². The maximum Gasteiger partial charge on any atom is 0.277 e. The Balaban J connectivity index is 1.33. The summed E-state index contributed by atoms with van der Waals surface area (Å²) in [7, 11) is 0. The van der Waals surface area contributed by atoms with Crippen molar-refractivity contribution in [2.75, 3.05) is 11.1 Å². The van der Waals surface area contributed by atoms with E-state index in [1.165, 1.54) is 0 Å². The average Bonchev–Trinajstić information content (AvgIpc) is 3.37. The van der Waals surface area contributed by atoms with E-state index in [-0.39, 0.29) is 17.5 Å². The predicted octanol–water partition coefficient (Wildman–Crippen LogP) is 5.19. The van der Waals surface area contributed by atoms with Crippen LogP contribution in [0.1, 0.15) is 5.56 Å². The molecule has 7 nitrogen and oxygen atoms in total. The summed E-state index contributed by atoms with van der Waals surface area (Å²) in [6.45, 7) is 2.01. The number of aryl methyl sites for hydroxylation is 1. The molecule has 0 unspecified atom stereocenters. The SMILES string of the molecule is Cc1ccc(-c2cc(NC(=O)CSc3nnc(-c4cccc(Br)c4)o3)on2)cc1. The fourth-order valence-corrected chi connectivity index (χ4v) is 3.46. The Hall–Kier alpha value is -2.91. The maximum absolute atomic E-state index is 12.2. The third-order valence-corrected chi connectivity index (χ3v) is 5.24. The van der Waals surface area contributed by atoms with Crippen molar-refractivity contribution in [3.63, 3.8) is 0 Å². The van der Waals surface area contributed by atoms with Crippen LogP contribution in [0.3, 0.4) is 0 Å². The van der Waals surface area contributed by atoms with Gasteiger partial charge in [-0.1, -0.05) is 68.7 Å². The summed E-state index contributed by atoms with van der Waals surface area (Å²) in [6.07, 6.45) is 0. The van der Waals surface area contributed by atoms with Crippen molar-refractivity contribution in [2.24, 2.45) is 0 Å². The molecule has 1 N–H and O–H groups in total. The van der Waals surface area contributed by atoms with Crippen molar-refractivity contribution < 1.29 is 13.7 Å². The van der Waals surface area contributed by atoms with Crippen LogP contribution in [0, 0.1) is 6.92 Å². The molecular weight excluding hydrogens is 456 g/mol. The van der Waals surface area contributed by atoms with Crippen LogP contribution in [0.25, 0.3) is 22.7 Å². The summed E-state index contributed by atoms with van der Waals surface area (Å²) in [5, 5.41) is 15.0. The van der Waals surface area contributed by atoms with Crippen LogP contribution in [-0.4, -0.2) is 27.0 Å². The number of nitrogens with zero attached hydrogens (tertiary/aromatic N) is 3. The lowest BCUT2D eigenvalue weighted by Crippen LogP contribution is -2.13. The largest absolute Gasteiger partial charge is 0.411 e. The second-order valence-corrected chi connectivity index (χ2v) is 8.01. The van der Waals surface area contributed by atoms with Gasteiger partial charge in [0.1, 0.15) is 5.69 Å². The summed E-state index contributed by atoms with van der Waals surface area (Å²) < 4.78 is 11.7. The van der Waals surface area contributed by atoms with Gasteiger partial charge in [0.15, 0.2) is 0 Å². The second kappa shape index (κ2) is 8.62. The minimum absolute atomic E-state index is 0.0979. The van der Waals surface area contributed by atoms with Gasteiger partial charge >= 0.3 is 0 Å². The number of anilines is 1. The molecule has 9 heteroatoms. The Morgan fingerprint density at radius 1 is 1.10 bits per heavy atom. The first-order valence-electron chi connectivity index (χ1n) is 8.63. The second-order valence-electron chi connectivity index (χ2n) is 6.16. The van der Waals surface area contributed by atoms with Crippen LogP contribution < -0.4 is 5.32 Å². The molecule has 2 aromatic carbocycles. The highest BCUT2D eigenvalue weighted by atomic mass is 79.9. The zero-order chi connectivity index (χ0) is 20.2. The third-order valence-electron chi connectivity index (χ3n) is 3.92. The molecular formula is C20H15BrN4O3S. The Labute approximate surface area is 179 Å². The van der Waals surface area contributed by atoms with E-state index in [4.69, 9.17) is 8.94 Å². The maximum atomic E-state index is 12.2. The molecule has 146 valence electrons. The van der Waals surface area contributed by atoms with Gasteiger partial charge in [0.2, 0.25) is 17.7 Å². The van der Waals surface area contributed by atoms with Crippen LogP contribution >= 0.6 is 27.7 Å². The molecule has 2 aromatic heterocycles. The van der Waals surface area contributed by atoms with Crippen molar-refractivity contribution in [1.29, 1.82) is 0 Å². The molecule has 0 bridgehead atoms. The topological polar surface area (TPSA) is 94.1 Å². The van der Waals surface area contributed by atoms with E-state index >= 15 is 0 Å². The molecule has 29 heavy (non-hydrogen) atoms. The smallest absolute Gasteiger partial charge is 0.277 e. The Kier molecular flexibility index (Phi) is 5.77. The average molecular weight is 471 g/mol. The Morgan fingerprint density at radius 3 is 2.72 bits per heavy atom. The molecule has 4 rings (SSSR count). The van der Waals surface area contributed by atoms with Crippen molar-refractivity contribution in [3.05, 3.63) is 64.6 Å². The Morgan fingerprint density at radius 2 is 1.93 bits per heavy atom. The summed E-state index contributed by atoms with van der Waals surface area (Å²) >= 11 is 4.55. The molecule has 0 atom stereocenters. The van der Waals surface area contributed by atoms with Crippen LogP contribution in [0.4, 0.5) is 5.88 Å². The highest BCUT2D eigenvalue weighted by Gasteiger charge is 2.13. The monoisotopic (exact) mass is 470 g/mol. The summed E-state index contributed by atoms with van der Waals surface area (Å²) in [5.74, 6) is 0.517. The number of thioether (sulfide) groups is 1. The summed E-state index contributed by atoms with van der Waals surface area (Å²) in [5.41, 5.74) is 3.53. The lowest BCUT2D eigenvalue weighted by molar-refractivity contribution is -0.113. The number of aromatic nitrogens is 3. The number of carbonyl (C=O) groups is 1. The zero-order valence-corrected chi connectivity index (χ0v) is 17.7. The van der Waals surface area contributed by atoms with Crippen molar-refractivity contribution >= 4 is 39.5 Å². The molecule has 2 heterocycles. The van der Waals surface area contributed by atoms with Gasteiger partial charge in [-0.25, -0.2) is 0 Å². The van der Waals surface area contributed by atoms with E-state index in [0.29, 0.717) is 16.8 Å². The minimum atomic E-state index is -0.260. The van der Waals surface area contributed by atoms with Crippen LogP contribution in [0.2, 0.25) is 0 Å². The molecule has 0 fully saturated rings. The molecule has 0 spiro atoms. The highest BCUT2D eigenvalue weighted by Crippen LogP contribution is 2.26. The molecule has 1 amide bonds. The van der Waals surface area contributed by atoms with Crippen molar-refractivity contribution in [3.8, 4) is 22.7 Å². The summed E-state index contributed by atoms with van der Waals surface area (Å²) in [4.78, 5) is 12.2. The molecule has 0 aliphatic rings. The third kappa shape index (κ3) is 4.93. The van der Waals surface area contributed by atoms with E-state index in [2.05, 4.69) is 36.6 Å². The van der Waals surface area contributed by atoms with Gasteiger partial charge in [-0.05, 0) is 25.1 Å². The molecule has 0 radical (unpaired) electrons. The van der Waals surface area contributed by atoms with Gasteiger partial charge in [-0.2, -0.15) is 0 Å². The van der Waals surface area contributed by atoms with E-state index in [9.17, 15) is 4.79 Å². The van der Waals surface area contributed by atoms with Crippen LogP contribution in [0.5, 0.6) is 0 Å². The standard InChI is InChI=1S/C20H15BrN4O3S/c1-12-5-7-13(8-6-12)16-10-18(28-25-16)22-17(26)11-29-20-24-23-19(27-20)14-3-2-4-15(21)9-14/h2-10H,11H2,1H3,(H,22,26). The number of hydrogen-bond acceptors (Lipinski definition) is 7. The molecule has 0 saturated heterocycles. The number of benzene rings is 2. The van der Waals surface area contributed by atoms with Crippen LogP contribution in [-0.2, 0) is 4.79 Å². The number of halogens is 1. The normalized spacial score (nSPS) is 10.8. The van der Waals surface area contributed by atoms with Gasteiger partial charge in [-0.15, -0.1) is 10.2 Å². The van der Waals surface area contributed by atoms with E-state index in [0.717, 1.165) is 32.9 Å². The van der Waals surface area contributed by atoms with E-state index in [1.54, 1.807) is 6.07 Å². The first kappa shape index (κ1) is 19.4. The Bertz CT molecular complexity index is 1140. The fourth-order valence-electron chi connectivity index (χ4n) is 2.50. The fraction of sp³-hybridized carbons (Fsp3) is 0.100. The lowest BCUT2D eigenvalue weighted by atomic mass is 10.1. The minimum Gasteiger partial charge on any atom is -0.411 e. The van der Waals surface area contributed by atoms with Gasteiger partial charge in [0, 0.05) is 21.7 Å². The molecule has 0 aliphatic carbocycles. The first-order valence-corrected chi connectivity index (χ1v) is 10.4. The number of amides is 1. The van der Waals surface area contributed by atoms with Crippen LogP contribution in [0.15, 0.2) is 73.2 Å². The zero-order valence-electron chi connectivity index (χ0n) is 15.3. The van der Waals surface area contributed by atoms with Gasteiger partial charge in [-0.3, -0.25) is 10.1 Å².